The molecule has 1 atom stereocenters. The first-order valence-electron chi connectivity index (χ1n) is 7.55. The summed E-state index contributed by atoms with van der Waals surface area (Å²) in [7, 11) is 1.69. The van der Waals surface area contributed by atoms with Crippen molar-refractivity contribution < 1.29 is 14.3 Å². The number of amides is 1. The third kappa shape index (κ3) is 5.71. The number of halogens is 1. The number of nitrogens with one attached hydrogen (secondary N) is 1. The topological polar surface area (TPSA) is 99.0 Å². The van der Waals surface area contributed by atoms with Crippen LogP contribution in [0.4, 0.5) is 0 Å². The molecule has 1 aromatic carbocycles. The van der Waals surface area contributed by atoms with E-state index in [1.807, 2.05) is 0 Å². The molecule has 0 aliphatic rings. The highest BCUT2D eigenvalue weighted by molar-refractivity contribution is 7.99. The zero-order chi connectivity index (χ0) is 18.2. The van der Waals surface area contributed by atoms with Gasteiger partial charge in [-0.1, -0.05) is 41.6 Å². The lowest BCUT2D eigenvalue weighted by Crippen LogP contribution is -2.32. The maximum Gasteiger partial charge on any atom is 0.308 e. The predicted molar refractivity (Wildman–Crippen MR) is 93.1 cm³/mol. The quantitative estimate of drug-likeness (QED) is 0.547. The summed E-state index contributed by atoms with van der Waals surface area (Å²) in [5.41, 5.74) is 0.663. The molecule has 0 aliphatic carbocycles. The van der Waals surface area contributed by atoms with Gasteiger partial charge in [0.25, 0.3) is 0 Å². The second kappa shape index (κ2) is 9.38. The van der Waals surface area contributed by atoms with E-state index in [0.29, 0.717) is 15.7 Å². The molecule has 1 heterocycles. The van der Waals surface area contributed by atoms with Crippen LogP contribution in [-0.4, -0.2) is 44.4 Å². The van der Waals surface area contributed by atoms with E-state index in [9.17, 15) is 9.59 Å². The summed E-state index contributed by atoms with van der Waals surface area (Å²) in [4.78, 5) is 24.1. The van der Waals surface area contributed by atoms with Gasteiger partial charge in [-0.15, -0.1) is 5.10 Å². The van der Waals surface area contributed by atoms with Gasteiger partial charge in [0.1, 0.15) is 0 Å². The number of aryl methyl sites for hydroxylation is 1. The Morgan fingerprint density at radius 3 is 2.80 bits per heavy atom. The maximum absolute atomic E-state index is 12.3. The van der Waals surface area contributed by atoms with Crippen LogP contribution >= 0.6 is 23.4 Å². The van der Waals surface area contributed by atoms with Crippen molar-refractivity contribution in [3.63, 3.8) is 0 Å². The number of ether oxygens (including phenoxy) is 1. The van der Waals surface area contributed by atoms with Crippen LogP contribution in [-0.2, 0) is 21.4 Å². The largest absolute Gasteiger partial charge is 0.466 e. The monoisotopic (exact) mass is 383 g/mol. The molecule has 0 aliphatic heterocycles. The van der Waals surface area contributed by atoms with Crippen LogP contribution in [0, 0.1) is 0 Å². The van der Waals surface area contributed by atoms with Crippen molar-refractivity contribution in [1.82, 2.24) is 25.5 Å². The molecule has 0 spiro atoms. The number of nitrogens with zero attached hydrogens (tertiary/aromatic N) is 4. The van der Waals surface area contributed by atoms with E-state index < -0.39 is 12.0 Å². The zero-order valence-electron chi connectivity index (χ0n) is 13.8. The van der Waals surface area contributed by atoms with Crippen molar-refractivity contribution >= 4 is 35.2 Å². The van der Waals surface area contributed by atoms with E-state index in [1.165, 1.54) is 16.4 Å². The number of hydrogen-bond donors (Lipinski definition) is 1. The number of carbonyl (C=O) groups excluding carboxylic acids is 2. The number of rotatable bonds is 8. The average molecular weight is 384 g/mol. The molecule has 0 bridgehead atoms. The van der Waals surface area contributed by atoms with E-state index in [1.54, 1.807) is 38.2 Å². The summed E-state index contributed by atoms with van der Waals surface area (Å²) < 4.78 is 6.46. The van der Waals surface area contributed by atoms with Gasteiger partial charge in [-0.3, -0.25) is 9.59 Å². The minimum absolute atomic E-state index is 0.000500. The van der Waals surface area contributed by atoms with Crippen molar-refractivity contribution in [3.8, 4) is 0 Å². The minimum atomic E-state index is -0.571. The smallest absolute Gasteiger partial charge is 0.308 e. The summed E-state index contributed by atoms with van der Waals surface area (Å²) in [6, 6.07) is 6.49. The lowest BCUT2D eigenvalue weighted by atomic mass is 10.0. The van der Waals surface area contributed by atoms with Crippen LogP contribution in [0.15, 0.2) is 29.4 Å². The molecular weight excluding hydrogens is 366 g/mol. The van der Waals surface area contributed by atoms with Gasteiger partial charge in [0.15, 0.2) is 0 Å². The number of tetrazole rings is 1. The fourth-order valence-electron chi connectivity index (χ4n) is 2.09. The standard InChI is InChI=1S/C15H18ClN5O3S/c1-3-24-14(23)8-12(10-6-4-5-7-11(10)16)17-13(22)9-25-15-18-19-20-21(15)2/h4-7,12H,3,8-9H2,1-2H3,(H,17,22)/t12-/m0/s1. The highest BCUT2D eigenvalue weighted by Gasteiger charge is 2.21. The molecule has 0 radical (unpaired) electrons. The van der Waals surface area contributed by atoms with Gasteiger partial charge in [-0.2, -0.15) is 0 Å². The Hall–Kier alpha value is -2.13. The van der Waals surface area contributed by atoms with Crippen molar-refractivity contribution in [2.45, 2.75) is 24.5 Å². The molecule has 2 rings (SSSR count). The number of thioether (sulfide) groups is 1. The first-order chi connectivity index (χ1) is 12.0. The summed E-state index contributed by atoms with van der Waals surface area (Å²) in [5, 5.41) is 14.8. The van der Waals surface area contributed by atoms with Crippen LogP contribution in [0.3, 0.4) is 0 Å². The lowest BCUT2D eigenvalue weighted by Gasteiger charge is -2.19. The van der Waals surface area contributed by atoms with Crippen LogP contribution in [0.25, 0.3) is 0 Å². The first-order valence-corrected chi connectivity index (χ1v) is 8.92. The molecule has 10 heteroatoms. The Morgan fingerprint density at radius 1 is 1.40 bits per heavy atom. The van der Waals surface area contributed by atoms with E-state index in [-0.39, 0.29) is 24.7 Å². The third-order valence-electron chi connectivity index (χ3n) is 3.21. The van der Waals surface area contributed by atoms with E-state index in [2.05, 4.69) is 20.8 Å². The average Bonchev–Trinajstić information content (AvgIpc) is 2.98. The van der Waals surface area contributed by atoms with Crippen molar-refractivity contribution in [3.05, 3.63) is 34.9 Å². The van der Waals surface area contributed by atoms with Gasteiger partial charge in [-0.25, -0.2) is 4.68 Å². The number of aromatic nitrogens is 4. The molecular formula is C15H18ClN5O3S. The highest BCUT2D eigenvalue weighted by Crippen LogP contribution is 2.26. The summed E-state index contributed by atoms with van der Waals surface area (Å²) >= 11 is 7.40. The SMILES string of the molecule is CCOC(=O)C[C@H](NC(=O)CSc1nnnn1C)c1ccccc1Cl. The number of esters is 1. The molecule has 1 N–H and O–H groups in total. The molecule has 1 aromatic heterocycles. The highest BCUT2D eigenvalue weighted by atomic mass is 35.5. The molecule has 25 heavy (non-hydrogen) atoms. The van der Waals surface area contributed by atoms with E-state index >= 15 is 0 Å². The number of carbonyl (C=O) groups is 2. The molecule has 8 nitrogen and oxygen atoms in total. The first kappa shape index (κ1) is 19.2. The van der Waals surface area contributed by atoms with Gasteiger partial charge in [0.05, 0.1) is 24.8 Å². The third-order valence-corrected chi connectivity index (χ3v) is 4.56. The number of hydrogen-bond acceptors (Lipinski definition) is 7. The fraction of sp³-hybridized carbons (Fsp3) is 0.400. The number of benzene rings is 1. The summed E-state index contributed by atoms with van der Waals surface area (Å²) in [5.74, 6) is -0.557. The Kier molecular flexibility index (Phi) is 7.20. The molecule has 0 saturated carbocycles. The lowest BCUT2D eigenvalue weighted by molar-refractivity contribution is -0.143. The van der Waals surface area contributed by atoms with Crippen molar-refractivity contribution in [2.24, 2.45) is 7.05 Å². The zero-order valence-corrected chi connectivity index (χ0v) is 15.4. The molecule has 0 unspecified atom stereocenters. The molecule has 1 amide bonds. The Morgan fingerprint density at radius 2 is 2.16 bits per heavy atom. The van der Waals surface area contributed by atoms with Gasteiger partial charge in [-0.05, 0) is 29.0 Å². The predicted octanol–water partition coefficient (Wildman–Crippen LogP) is 1.77. The molecule has 0 fully saturated rings. The van der Waals surface area contributed by atoms with Gasteiger partial charge in [0.2, 0.25) is 11.1 Å². The van der Waals surface area contributed by atoms with Crippen LogP contribution in [0.5, 0.6) is 0 Å². The molecule has 0 saturated heterocycles. The Labute approximate surface area is 154 Å². The van der Waals surface area contributed by atoms with Crippen LogP contribution in [0.1, 0.15) is 24.9 Å². The minimum Gasteiger partial charge on any atom is -0.466 e. The van der Waals surface area contributed by atoms with Crippen molar-refractivity contribution in [1.29, 1.82) is 0 Å². The Bertz CT molecular complexity index is 739. The van der Waals surface area contributed by atoms with Crippen LogP contribution < -0.4 is 5.32 Å². The van der Waals surface area contributed by atoms with Crippen molar-refractivity contribution in [2.75, 3.05) is 12.4 Å². The summed E-state index contributed by atoms with van der Waals surface area (Å²) in [6.45, 7) is 2.00. The molecule has 2 aromatic rings. The van der Waals surface area contributed by atoms with Gasteiger partial charge in [0, 0.05) is 12.1 Å². The fourth-order valence-corrected chi connectivity index (χ4v) is 3.02. The van der Waals surface area contributed by atoms with Gasteiger partial charge >= 0.3 is 5.97 Å². The van der Waals surface area contributed by atoms with Crippen LogP contribution in [0.2, 0.25) is 5.02 Å². The summed E-state index contributed by atoms with van der Waals surface area (Å²) in [6.07, 6.45) is -0.000500. The van der Waals surface area contributed by atoms with E-state index in [0.717, 1.165) is 0 Å². The maximum atomic E-state index is 12.3. The normalized spacial score (nSPS) is 11.8. The molecule has 134 valence electrons. The Balaban J connectivity index is 2.04. The second-order valence-electron chi connectivity index (χ2n) is 5.02. The van der Waals surface area contributed by atoms with Gasteiger partial charge < -0.3 is 10.1 Å². The second-order valence-corrected chi connectivity index (χ2v) is 6.37. The van der Waals surface area contributed by atoms with E-state index in [4.69, 9.17) is 16.3 Å².